The second-order valence-corrected chi connectivity index (χ2v) is 4.88. The summed E-state index contributed by atoms with van der Waals surface area (Å²) >= 11 is 2.30. The van der Waals surface area contributed by atoms with Gasteiger partial charge in [0.15, 0.2) is 0 Å². The van der Waals surface area contributed by atoms with Crippen LogP contribution in [0.3, 0.4) is 0 Å². The minimum Gasteiger partial charge on any atom is -0.457 e. The summed E-state index contributed by atoms with van der Waals surface area (Å²) in [7, 11) is 0. The Morgan fingerprint density at radius 2 is 2.00 bits per heavy atom. The molecule has 0 rings (SSSR count). The largest absolute Gasteiger partial charge is 0.457 e. The molecule has 14 heavy (non-hydrogen) atoms. The van der Waals surface area contributed by atoms with Crippen molar-refractivity contribution < 1.29 is 9.53 Å². The van der Waals surface area contributed by atoms with Crippen molar-refractivity contribution in [3.63, 3.8) is 0 Å². The molecule has 0 aliphatic rings. The highest BCUT2D eigenvalue weighted by atomic mass is 127. The summed E-state index contributed by atoms with van der Waals surface area (Å²) in [6, 6.07) is 0. The summed E-state index contributed by atoms with van der Waals surface area (Å²) in [6.07, 6.45) is 8.06. The third-order valence-corrected chi connectivity index (χ3v) is 1.78. The molecule has 0 unspecified atom stereocenters. The first kappa shape index (κ1) is 13.7. The summed E-state index contributed by atoms with van der Waals surface area (Å²) in [6.45, 7) is 5.56. The fraction of sp³-hybridized carbons (Fsp3) is 0.545. The van der Waals surface area contributed by atoms with Gasteiger partial charge >= 0.3 is 5.97 Å². The maximum absolute atomic E-state index is 11.1. The Labute approximate surface area is 99.5 Å². The van der Waals surface area contributed by atoms with Gasteiger partial charge in [0.05, 0.1) is 0 Å². The minimum absolute atomic E-state index is 0.295. The molecule has 0 bridgehead atoms. The van der Waals surface area contributed by atoms with Crippen molar-refractivity contribution in [3.8, 4) is 0 Å². The predicted octanol–water partition coefficient (Wildman–Crippen LogP) is 3.27. The predicted molar refractivity (Wildman–Crippen MR) is 67.6 cm³/mol. The van der Waals surface area contributed by atoms with Crippen LogP contribution in [0.1, 0.15) is 27.2 Å². The van der Waals surface area contributed by atoms with E-state index < -0.39 is 5.60 Å². The highest BCUT2D eigenvalue weighted by Gasteiger charge is 2.13. The Bertz CT molecular complexity index is 224. The van der Waals surface area contributed by atoms with Gasteiger partial charge in [-0.05, 0) is 27.2 Å². The Hall–Kier alpha value is -0.320. The van der Waals surface area contributed by atoms with E-state index >= 15 is 0 Å². The molecule has 0 atom stereocenters. The van der Waals surface area contributed by atoms with Crippen molar-refractivity contribution in [1.82, 2.24) is 0 Å². The fourth-order valence-corrected chi connectivity index (χ4v) is 1.07. The second kappa shape index (κ2) is 7.04. The van der Waals surface area contributed by atoms with Gasteiger partial charge in [0.2, 0.25) is 0 Å². The van der Waals surface area contributed by atoms with Crippen LogP contribution >= 0.6 is 22.6 Å². The van der Waals surface area contributed by atoms with Gasteiger partial charge < -0.3 is 4.74 Å². The molecule has 0 saturated heterocycles. The minimum atomic E-state index is -0.409. The van der Waals surface area contributed by atoms with E-state index in [0.29, 0.717) is 0 Å². The molecule has 0 spiro atoms. The molecule has 2 nitrogen and oxygen atoms in total. The maximum Gasteiger partial charge on any atom is 0.331 e. The lowest BCUT2D eigenvalue weighted by molar-refractivity contribution is -0.148. The Morgan fingerprint density at radius 1 is 1.36 bits per heavy atom. The zero-order valence-corrected chi connectivity index (χ0v) is 11.1. The van der Waals surface area contributed by atoms with Crippen LogP contribution in [0.5, 0.6) is 0 Å². The average Bonchev–Trinajstić information content (AvgIpc) is 2.00. The van der Waals surface area contributed by atoms with Crippen LogP contribution in [0.25, 0.3) is 0 Å². The number of rotatable bonds is 4. The number of allylic oxidation sites excluding steroid dienone is 3. The molecule has 0 N–H and O–H groups in total. The number of hydrogen-bond donors (Lipinski definition) is 0. The Balaban J connectivity index is 3.83. The first-order chi connectivity index (χ1) is 6.45. The van der Waals surface area contributed by atoms with E-state index in [1.54, 1.807) is 6.08 Å². The van der Waals surface area contributed by atoms with Crippen LogP contribution in [0.2, 0.25) is 0 Å². The lowest BCUT2D eigenvalue weighted by Crippen LogP contribution is -2.22. The zero-order valence-electron chi connectivity index (χ0n) is 8.92. The molecular formula is C11H17IO2. The van der Waals surface area contributed by atoms with Gasteiger partial charge in [-0.25, -0.2) is 4.79 Å². The van der Waals surface area contributed by atoms with Crippen molar-refractivity contribution >= 4 is 28.6 Å². The number of hydrogen-bond acceptors (Lipinski definition) is 2. The monoisotopic (exact) mass is 308 g/mol. The Morgan fingerprint density at radius 3 is 2.50 bits per heavy atom. The van der Waals surface area contributed by atoms with E-state index in [0.717, 1.165) is 10.8 Å². The summed E-state index contributed by atoms with van der Waals surface area (Å²) < 4.78 is 6.17. The number of alkyl halides is 1. The zero-order chi connectivity index (χ0) is 11.0. The lowest BCUT2D eigenvalue weighted by atomic mass is 10.2. The van der Waals surface area contributed by atoms with Crippen LogP contribution in [-0.4, -0.2) is 16.0 Å². The SMILES string of the molecule is CC(C)(C)OC(=O)/C=C/C=C/CCI. The van der Waals surface area contributed by atoms with Crippen molar-refractivity contribution in [3.05, 3.63) is 24.3 Å². The fourth-order valence-electron chi connectivity index (χ4n) is 0.708. The third-order valence-electron chi connectivity index (χ3n) is 1.16. The molecule has 0 aromatic rings. The summed E-state index contributed by atoms with van der Waals surface area (Å²) in [4.78, 5) is 11.1. The van der Waals surface area contributed by atoms with E-state index in [2.05, 4.69) is 22.6 Å². The molecule has 0 aliphatic carbocycles. The number of esters is 1. The number of carbonyl (C=O) groups is 1. The molecule has 0 aliphatic heterocycles. The van der Waals surface area contributed by atoms with Gasteiger partial charge in [0, 0.05) is 10.5 Å². The first-order valence-corrected chi connectivity index (χ1v) is 6.10. The van der Waals surface area contributed by atoms with E-state index in [9.17, 15) is 4.79 Å². The second-order valence-electron chi connectivity index (χ2n) is 3.80. The molecule has 0 saturated carbocycles. The van der Waals surface area contributed by atoms with Gasteiger partial charge in [-0.15, -0.1) is 0 Å². The quantitative estimate of drug-likeness (QED) is 0.262. The molecule has 0 aromatic heterocycles. The van der Waals surface area contributed by atoms with E-state index in [1.165, 1.54) is 6.08 Å². The van der Waals surface area contributed by atoms with E-state index in [-0.39, 0.29) is 5.97 Å². The van der Waals surface area contributed by atoms with Gasteiger partial charge in [0.25, 0.3) is 0 Å². The normalized spacial score (nSPS) is 12.6. The molecular weight excluding hydrogens is 291 g/mol. The summed E-state index contributed by atoms with van der Waals surface area (Å²) in [5, 5.41) is 0. The van der Waals surface area contributed by atoms with Gasteiger partial charge in [0.1, 0.15) is 5.60 Å². The van der Waals surface area contributed by atoms with Crippen LogP contribution in [0.15, 0.2) is 24.3 Å². The highest BCUT2D eigenvalue weighted by molar-refractivity contribution is 14.1. The Kier molecular flexibility index (Phi) is 6.87. The van der Waals surface area contributed by atoms with Crippen molar-refractivity contribution in [2.24, 2.45) is 0 Å². The number of ether oxygens (including phenoxy) is 1. The van der Waals surface area contributed by atoms with Crippen molar-refractivity contribution in [1.29, 1.82) is 0 Å². The van der Waals surface area contributed by atoms with Gasteiger partial charge in [-0.3, -0.25) is 0 Å². The summed E-state index contributed by atoms with van der Waals surface area (Å²) in [5.74, 6) is -0.295. The van der Waals surface area contributed by atoms with Crippen molar-refractivity contribution in [2.75, 3.05) is 4.43 Å². The molecule has 3 heteroatoms. The van der Waals surface area contributed by atoms with Crippen LogP contribution in [-0.2, 0) is 9.53 Å². The number of carbonyl (C=O) groups excluding carboxylic acids is 1. The highest BCUT2D eigenvalue weighted by Crippen LogP contribution is 2.06. The molecule has 0 amide bonds. The van der Waals surface area contributed by atoms with Crippen LogP contribution in [0.4, 0.5) is 0 Å². The van der Waals surface area contributed by atoms with Crippen molar-refractivity contribution in [2.45, 2.75) is 32.8 Å². The molecule has 0 radical (unpaired) electrons. The smallest absolute Gasteiger partial charge is 0.331 e. The van der Waals surface area contributed by atoms with Gasteiger partial charge in [-0.1, -0.05) is 40.8 Å². The van der Waals surface area contributed by atoms with Crippen LogP contribution in [0, 0.1) is 0 Å². The molecule has 80 valence electrons. The lowest BCUT2D eigenvalue weighted by Gasteiger charge is -2.17. The maximum atomic E-state index is 11.1. The third kappa shape index (κ3) is 9.77. The van der Waals surface area contributed by atoms with E-state index in [4.69, 9.17) is 4.74 Å². The van der Waals surface area contributed by atoms with E-state index in [1.807, 2.05) is 32.9 Å². The van der Waals surface area contributed by atoms with Gasteiger partial charge in [-0.2, -0.15) is 0 Å². The summed E-state index contributed by atoms with van der Waals surface area (Å²) in [5.41, 5.74) is -0.409. The average molecular weight is 308 g/mol. The van der Waals surface area contributed by atoms with Crippen LogP contribution < -0.4 is 0 Å². The number of halogens is 1. The standard InChI is InChI=1S/C11H17IO2/c1-11(2,3)14-10(13)8-6-4-5-7-9-12/h4-6,8H,7,9H2,1-3H3/b5-4+,8-6+. The molecule has 0 heterocycles. The first-order valence-electron chi connectivity index (χ1n) is 4.58. The molecule has 0 fully saturated rings. The molecule has 0 aromatic carbocycles. The topological polar surface area (TPSA) is 26.3 Å².